The Morgan fingerprint density at radius 1 is 1.29 bits per heavy atom. The van der Waals surface area contributed by atoms with Crippen LogP contribution in [0.2, 0.25) is 0 Å². The molecule has 1 aromatic rings. The number of fused-ring (bicyclic) bond motifs is 1. The Hall–Kier alpha value is -1.28. The summed E-state index contributed by atoms with van der Waals surface area (Å²) in [5.41, 5.74) is 4.58. The summed E-state index contributed by atoms with van der Waals surface area (Å²) in [6.45, 7) is 9.39. The number of hydrogen-bond acceptors (Lipinski definition) is 2. The first-order valence-corrected chi connectivity index (χ1v) is 9.80. The van der Waals surface area contributed by atoms with Crippen LogP contribution >= 0.6 is 0 Å². The minimum Gasteiger partial charge on any atom is -0.508 e. The van der Waals surface area contributed by atoms with E-state index in [0.717, 1.165) is 18.3 Å². The highest BCUT2D eigenvalue weighted by atomic mass is 16.3. The standard InChI is InChI=1S/C22H29NO/c1-14-9-15(2)21-20-10-17-5-6-18(24)11-19(17)22(21,12-14)7-8-23(20)13-16-3-4-16/h5-6,11,15-16,20-21,24H,1,3-4,7-10,12-13H2,2H3/t15-,20-,21+,22+/m1/s1. The number of phenolic OH excluding ortho intramolecular Hbond substituents is 1. The molecule has 0 amide bonds. The molecule has 0 unspecified atom stereocenters. The van der Waals surface area contributed by atoms with Gasteiger partial charge in [0.2, 0.25) is 0 Å². The van der Waals surface area contributed by atoms with Crippen LogP contribution in [-0.2, 0) is 11.8 Å². The Bertz CT molecular complexity index is 691. The van der Waals surface area contributed by atoms with Gasteiger partial charge in [-0.1, -0.05) is 25.1 Å². The molecule has 3 fully saturated rings. The molecule has 1 N–H and O–H groups in total. The molecule has 4 aliphatic rings. The predicted octanol–water partition coefficient (Wildman–Crippen LogP) is 4.27. The molecule has 1 saturated heterocycles. The molecule has 0 radical (unpaired) electrons. The largest absolute Gasteiger partial charge is 0.508 e. The van der Waals surface area contributed by atoms with E-state index < -0.39 is 0 Å². The molecule has 2 heteroatoms. The Morgan fingerprint density at radius 2 is 2.12 bits per heavy atom. The van der Waals surface area contributed by atoms with E-state index in [0.29, 0.717) is 17.7 Å². The molecule has 2 saturated carbocycles. The molecule has 128 valence electrons. The lowest BCUT2D eigenvalue weighted by atomic mass is 9.49. The number of likely N-dealkylation sites (tertiary alicyclic amines) is 1. The van der Waals surface area contributed by atoms with Crippen LogP contribution in [0.15, 0.2) is 30.4 Å². The van der Waals surface area contributed by atoms with Crippen molar-refractivity contribution in [1.82, 2.24) is 4.90 Å². The SMILES string of the molecule is C=C1C[C@@H](C)[C@H]2[C@H]3Cc4ccc(O)cc4[C@]2(CCN3CC2CC2)C1. The lowest BCUT2D eigenvalue weighted by molar-refractivity contribution is -0.0283. The number of phenols is 1. The van der Waals surface area contributed by atoms with Gasteiger partial charge in [0.1, 0.15) is 5.75 Å². The van der Waals surface area contributed by atoms with E-state index >= 15 is 0 Å². The minimum atomic E-state index is 0.228. The van der Waals surface area contributed by atoms with Gasteiger partial charge in [-0.2, -0.15) is 0 Å². The smallest absolute Gasteiger partial charge is 0.115 e. The van der Waals surface area contributed by atoms with Crippen molar-refractivity contribution in [3.05, 3.63) is 41.5 Å². The highest BCUT2D eigenvalue weighted by Gasteiger charge is 2.57. The quantitative estimate of drug-likeness (QED) is 0.822. The minimum absolute atomic E-state index is 0.228. The van der Waals surface area contributed by atoms with Gasteiger partial charge >= 0.3 is 0 Å². The summed E-state index contributed by atoms with van der Waals surface area (Å²) in [4.78, 5) is 2.83. The molecule has 0 spiro atoms. The van der Waals surface area contributed by atoms with Gasteiger partial charge in [0, 0.05) is 18.0 Å². The zero-order chi connectivity index (χ0) is 16.5. The highest BCUT2D eigenvalue weighted by molar-refractivity contribution is 5.46. The number of piperidine rings is 1. The van der Waals surface area contributed by atoms with Crippen molar-refractivity contribution in [2.75, 3.05) is 13.1 Å². The van der Waals surface area contributed by atoms with Crippen molar-refractivity contribution in [3.8, 4) is 5.75 Å². The average molecular weight is 323 g/mol. The Labute approximate surface area is 145 Å². The lowest BCUT2D eigenvalue weighted by Gasteiger charge is -2.61. The summed E-state index contributed by atoms with van der Waals surface area (Å²) >= 11 is 0. The number of allylic oxidation sites excluding steroid dienone is 1. The topological polar surface area (TPSA) is 23.5 Å². The van der Waals surface area contributed by atoms with Gasteiger partial charge in [0.15, 0.2) is 0 Å². The van der Waals surface area contributed by atoms with E-state index in [1.807, 2.05) is 6.07 Å². The van der Waals surface area contributed by atoms with E-state index in [9.17, 15) is 5.11 Å². The van der Waals surface area contributed by atoms with E-state index in [-0.39, 0.29) is 5.41 Å². The molecule has 1 aromatic carbocycles. The number of rotatable bonds is 2. The van der Waals surface area contributed by atoms with E-state index in [1.165, 1.54) is 61.9 Å². The second-order valence-corrected chi connectivity index (χ2v) is 9.09. The van der Waals surface area contributed by atoms with Gasteiger partial charge in [-0.3, -0.25) is 4.90 Å². The summed E-state index contributed by atoms with van der Waals surface area (Å²) in [6.07, 6.45) is 7.61. The van der Waals surface area contributed by atoms with Gasteiger partial charge in [0.25, 0.3) is 0 Å². The third kappa shape index (κ3) is 2.12. The molecule has 2 bridgehead atoms. The van der Waals surface area contributed by atoms with Crippen LogP contribution in [-0.4, -0.2) is 29.1 Å². The number of benzene rings is 1. The Balaban J connectivity index is 1.63. The fourth-order valence-corrected chi connectivity index (χ4v) is 6.46. The number of hydrogen-bond donors (Lipinski definition) is 1. The molecule has 1 aliphatic heterocycles. The molecule has 1 heterocycles. The molecule has 5 rings (SSSR count). The van der Waals surface area contributed by atoms with Crippen molar-refractivity contribution in [3.63, 3.8) is 0 Å². The second kappa shape index (κ2) is 5.11. The van der Waals surface area contributed by atoms with Crippen molar-refractivity contribution in [2.45, 2.75) is 56.9 Å². The first kappa shape index (κ1) is 15.0. The first-order chi connectivity index (χ1) is 11.6. The number of nitrogens with zero attached hydrogens (tertiary/aromatic N) is 1. The van der Waals surface area contributed by atoms with Crippen LogP contribution < -0.4 is 0 Å². The normalized spacial score (nSPS) is 38.5. The molecular formula is C22H29NO. The number of aromatic hydroxyl groups is 1. The molecule has 0 aromatic heterocycles. The summed E-state index contributed by atoms with van der Waals surface area (Å²) in [7, 11) is 0. The zero-order valence-electron chi connectivity index (χ0n) is 14.8. The van der Waals surface area contributed by atoms with Crippen LogP contribution in [0.25, 0.3) is 0 Å². The second-order valence-electron chi connectivity index (χ2n) is 9.09. The monoisotopic (exact) mass is 323 g/mol. The van der Waals surface area contributed by atoms with Gasteiger partial charge < -0.3 is 5.11 Å². The Morgan fingerprint density at radius 3 is 2.92 bits per heavy atom. The first-order valence-electron chi connectivity index (χ1n) is 9.80. The predicted molar refractivity (Wildman–Crippen MR) is 97.2 cm³/mol. The molecule has 2 nitrogen and oxygen atoms in total. The fraction of sp³-hybridized carbons (Fsp3) is 0.636. The zero-order valence-corrected chi connectivity index (χ0v) is 14.8. The van der Waals surface area contributed by atoms with Crippen molar-refractivity contribution in [1.29, 1.82) is 0 Å². The average Bonchev–Trinajstić information content (AvgIpc) is 3.34. The van der Waals surface area contributed by atoms with Crippen molar-refractivity contribution >= 4 is 0 Å². The van der Waals surface area contributed by atoms with Gasteiger partial charge in [-0.15, -0.1) is 0 Å². The maximum atomic E-state index is 10.2. The Kier molecular flexibility index (Phi) is 3.20. The van der Waals surface area contributed by atoms with E-state index in [2.05, 4.69) is 30.5 Å². The van der Waals surface area contributed by atoms with E-state index in [1.54, 1.807) is 0 Å². The summed E-state index contributed by atoms with van der Waals surface area (Å²) in [6, 6.07) is 6.86. The molecular weight excluding hydrogens is 294 g/mol. The summed E-state index contributed by atoms with van der Waals surface area (Å²) in [5, 5.41) is 10.2. The third-order valence-electron chi connectivity index (χ3n) is 7.40. The summed E-state index contributed by atoms with van der Waals surface area (Å²) < 4.78 is 0. The van der Waals surface area contributed by atoms with Gasteiger partial charge in [-0.05, 0) is 86.1 Å². The van der Waals surface area contributed by atoms with E-state index in [4.69, 9.17) is 0 Å². The summed E-state index contributed by atoms with van der Waals surface area (Å²) in [5.74, 6) is 2.83. The fourth-order valence-electron chi connectivity index (χ4n) is 6.46. The van der Waals surface area contributed by atoms with Crippen molar-refractivity contribution < 1.29 is 5.11 Å². The van der Waals surface area contributed by atoms with Gasteiger partial charge in [0.05, 0.1) is 0 Å². The van der Waals surface area contributed by atoms with Crippen LogP contribution in [0.3, 0.4) is 0 Å². The molecule has 3 aliphatic carbocycles. The van der Waals surface area contributed by atoms with Crippen LogP contribution in [0.1, 0.15) is 50.2 Å². The van der Waals surface area contributed by atoms with Crippen molar-refractivity contribution in [2.24, 2.45) is 17.8 Å². The third-order valence-corrected chi connectivity index (χ3v) is 7.40. The van der Waals surface area contributed by atoms with Crippen LogP contribution in [0, 0.1) is 17.8 Å². The molecule has 4 atom stereocenters. The van der Waals surface area contributed by atoms with Gasteiger partial charge in [-0.25, -0.2) is 0 Å². The maximum Gasteiger partial charge on any atom is 0.115 e. The molecule has 24 heavy (non-hydrogen) atoms. The maximum absolute atomic E-state index is 10.2. The van der Waals surface area contributed by atoms with Crippen LogP contribution in [0.5, 0.6) is 5.75 Å². The lowest BCUT2D eigenvalue weighted by Crippen LogP contribution is -2.63. The highest BCUT2D eigenvalue weighted by Crippen LogP contribution is 2.59. The van der Waals surface area contributed by atoms with Crippen LogP contribution in [0.4, 0.5) is 0 Å².